The topological polar surface area (TPSA) is 68.5 Å². The predicted molar refractivity (Wildman–Crippen MR) is 121 cm³/mol. The van der Waals surface area contributed by atoms with Gasteiger partial charge in [-0.1, -0.05) is 18.2 Å². The third-order valence-electron chi connectivity index (χ3n) is 4.51. The van der Waals surface area contributed by atoms with Gasteiger partial charge in [-0.05, 0) is 77.4 Å². The molecule has 0 aliphatic carbocycles. The maximum Gasteiger partial charge on any atom is 0.336 e. The first-order valence-electron chi connectivity index (χ1n) is 9.62. The average Bonchev–Trinajstić information content (AvgIpc) is 2.83. The van der Waals surface area contributed by atoms with Crippen LogP contribution in [0.1, 0.15) is 16.7 Å². The maximum absolute atomic E-state index is 13.0. The number of carbonyl (C=O) groups excluding carboxylic acids is 1. The number of nitriles is 1. The zero-order valence-corrected chi connectivity index (χ0v) is 17.5. The van der Waals surface area contributed by atoms with Crippen LogP contribution in [0.2, 0.25) is 0 Å². The summed E-state index contributed by atoms with van der Waals surface area (Å²) in [6, 6.07) is 20.1. The van der Waals surface area contributed by atoms with E-state index in [9.17, 15) is 14.4 Å². The number of esters is 1. The summed E-state index contributed by atoms with van der Waals surface area (Å²) in [5, 5.41) is 9.56. The van der Waals surface area contributed by atoms with Gasteiger partial charge in [0.15, 0.2) is 11.5 Å². The number of nitrogens with zero attached hydrogens (tertiary/aromatic N) is 1. The Morgan fingerprint density at radius 3 is 2.22 bits per heavy atom. The molecule has 0 aliphatic rings. The van der Waals surface area contributed by atoms with Gasteiger partial charge >= 0.3 is 5.97 Å². The number of rotatable bonds is 7. The van der Waals surface area contributed by atoms with Crippen molar-refractivity contribution >= 4 is 23.7 Å². The molecule has 0 aliphatic heterocycles. The second-order valence-electron chi connectivity index (χ2n) is 6.61. The monoisotopic (exact) mass is 429 g/mol. The molecule has 3 aromatic rings. The van der Waals surface area contributed by atoms with Gasteiger partial charge in [0.25, 0.3) is 0 Å². The van der Waals surface area contributed by atoms with Crippen LogP contribution in [0, 0.1) is 17.1 Å². The van der Waals surface area contributed by atoms with E-state index in [2.05, 4.69) is 6.07 Å². The molecule has 32 heavy (non-hydrogen) atoms. The molecule has 0 saturated heterocycles. The van der Waals surface area contributed by atoms with Crippen molar-refractivity contribution in [3.8, 4) is 23.3 Å². The van der Waals surface area contributed by atoms with E-state index in [-0.39, 0.29) is 11.6 Å². The highest BCUT2D eigenvalue weighted by molar-refractivity contribution is 5.91. The van der Waals surface area contributed by atoms with Crippen LogP contribution in [0.15, 0.2) is 72.8 Å². The molecule has 0 unspecified atom stereocenters. The van der Waals surface area contributed by atoms with E-state index in [1.54, 1.807) is 67.8 Å². The minimum atomic E-state index is -0.605. The molecule has 0 radical (unpaired) electrons. The first-order chi connectivity index (χ1) is 15.5. The molecular formula is C26H20FNO4. The van der Waals surface area contributed by atoms with Crippen LogP contribution in [-0.4, -0.2) is 20.2 Å². The number of benzene rings is 3. The Balaban J connectivity index is 1.77. The number of ether oxygens (including phenoxy) is 3. The van der Waals surface area contributed by atoms with Crippen LogP contribution < -0.4 is 14.2 Å². The lowest BCUT2D eigenvalue weighted by atomic mass is 10.0. The molecule has 0 atom stereocenters. The molecule has 0 heterocycles. The lowest BCUT2D eigenvalue weighted by Gasteiger charge is -2.09. The van der Waals surface area contributed by atoms with Gasteiger partial charge < -0.3 is 14.2 Å². The van der Waals surface area contributed by atoms with Crippen molar-refractivity contribution in [2.24, 2.45) is 0 Å². The van der Waals surface area contributed by atoms with Crippen LogP contribution >= 0.6 is 0 Å². The highest BCUT2D eigenvalue weighted by Gasteiger charge is 2.10. The number of hydrogen-bond donors (Lipinski definition) is 0. The third-order valence-corrected chi connectivity index (χ3v) is 4.51. The number of methoxy groups -OCH3 is 2. The standard InChI is InChI=1S/C26H20FNO4/c1-30-23-11-7-20(8-12-23)21(17-28)15-19-5-13-24(25(16-19)31-2)32-26(29)14-6-18-3-9-22(27)10-4-18/h3-16H,1-2H3/b14-6+,21-15-. The second-order valence-corrected chi connectivity index (χ2v) is 6.61. The molecule has 3 aromatic carbocycles. The highest BCUT2D eigenvalue weighted by atomic mass is 19.1. The number of allylic oxidation sites excluding steroid dienone is 1. The van der Waals surface area contributed by atoms with E-state index in [0.717, 1.165) is 5.56 Å². The lowest BCUT2D eigenvalue weighted by Crippen LogP contribution is -2.05. The summed E-state index contributed by atoms with van der Waals surface area (Å²) < 4.78 is 28.8. The summed E-state index contributed by atoms with van der Waals surface area (Å²) in [4.78, 5) is 12.2. The first kappa shape index (κ1) is 22.3. The molecule has 0 aromatic heterocycles. The van der Waals surface area contributed by atoms with Crippen LogP contribution in [-0.2, 0) is 4.79 Å². The SMILES string of the molecule is COc1ccc(/C(C#N)=C\c2ccc(OC(=O)/C=C/c3ccc(F)cc3)c(OC)c2)cc1. The Kier molecular flexibility index (Phi) is 7.39. The van der Waals surface area contributed by atoms with Crippen molar-refractivity contribution in [2.75, 3.05) is 14.2 Å². The van der Waals surface area contributed by atoms with Gasteiger partial charge in [0.1, 0.15) is 11.6 Å². The Morgan fingerprint density at radius 1 is 0.906 bits per heavy atom. The normalized spacial score (nSPS) is 11.1. The second kappa shape index (κ2) is 10.6. The summed E-state index contributed by atoms with van der Waals surface area (Å²) in [6.07, 6.45) is 4.49. The van der Waals surface area contributed by atoms with Gasteiger partial charge in [-0.15, -0.1) is 0 Å². The molecule has 0 amide bonds. The van der Waals surface area contributed by atoms with Crippen molar-refractivity contribution in [2.45, 2.75) is 0 Å². The van der Waals surface area contributed by atoms with Crippen LogP contribution in [0.3, 0.4) is 0 Å². The molecule has 0 fully saturated rings. The van der Waals surface area contributed by atoms with Crippen LogP contribution in [0.4, 0.5) is 4.39 Å². The fraction of sp³-hybridized carbons (Fsp3) is 0.0769. The zero-order chi connectivity index (χ0) is 22.9. The number of hydrogen-bond acceptors (Lipinski definition) is 5. The van der Waals surface area contributed by atoms with E-state index in [4.69, 9.17) is 14.2 Å². The Bertz CT molecular complexity index is 1190. The minimum absolute atomic E-state index is 0.237. The molecular weight excluding hydrogens is 409 g/mol. The molecule has 0 bridgehead atoms. The Morgan fingerprint density at radius 2 is 1.59 bits per heavy atom. The average molecular weight is 429 g/mol. The van der Waals surface area contributed by atoms with Gasteiger partial charge in [-0.3, -0.25) is 0 Å². The summed E-state index contributed by atoms with van der Waals surface area (Å²) in [7, 11) is 3.04. The van der Waals surface area contributed by atoms with Gasteiger partial charge in [-0.25, -0.2) is 9.18 Å². The fourth-order valence-electron chi connectivity index (χ4n) is 2.86. The van der Waals surface area contributed by atoms with E-state index >= 15 is 0 Å². The number of carbonyl (C=O) groups is 1. The highest BCUT2D eigenvalue weighted by Crippen LogP contribution is 2.30. The zero-order valence-electron chi connectivity index (χ0n) is 17.5. The van der Waals surface area contributed by atoms with Gasteiger partial charge in [-0.2, -0.15) is 5.26 Å². The van der Waals surface area contributed by atoms with E-state index in [1.165, 1.54) is 31.4 Å². The predicted octanol–water partition coefficient (Wildman–Crippen LogP) is 5.53. The number of halogens is 1. The maximum atomic E-state index is 13.0. The van der Waals surface area contributed by atoms with Crippen molar-refractivity contribution in [1.82, 2.24) is 0 Å². The first-order valence-corrected chi connectivity index (χ1v) is 9.62. The summed E-state index contributed by atoms with van der Waals surface area (Å²) in [6.45, 7) is 0. The molecule has 0 N–H and O–H groups in total. The molecule has 0 saturated carbocycles. The van der Waals surface area contributed by atoms with Gasteiger partial charge in [0.2, 0.25) is 0 Å². The Hall–Kier alpha value is -4.37. The van der Waals surface area contributed by atoms with Gasteiger partial charge in [0.05, 0.1) is 25.9 Å². The largest absolute Gasteiger partial charge is 0.497 e. The molecule has 5 nitrogen and oxygen atoms in total. The lowest BCUT2D eigenvalue weighted by molar-refractivity contribution is -0.129. The molecule has 3 rings (SSSR count). The fourth-order valence-corrected chi connectivity index (χ4v) is 2.86. The summed E-state index contributed by atoms with van der Waals surface area (Å²) >= 11 is 0. The minimum Gasteiger partial charge on any atom is -0.497 e. The Labute approximate surface area is 185 Å². The van der Waals surface area contributed by atoms with Crippen molar-refractivity contribution in [3.05, 3.63) is 95.3 Å². The van der Waals surface area contributed by atoms with Crippen molar-refractivity contribution in [3.63, 3.8) is 0 Å². The third kappa shape index (κ3) is 5.83. The van der Waals surface area contributed by atoms with E-state index < -0.39 is 5.97 Å². The quantitative estimate of drug-likeness (QED) is 0.162. The van der Waals surface area contributed by atoms with Crippen molar-refractivity contribution in [1.29, 1.82) is 5.26 Å². The molecule has 160 valence electrons. The van der Waals surface area contributed by atoms with Crippen LogP contribution in [0.25, 0.3) is 17.7 Å². The summed E-state index contributed by atoms with van der Waals surface area (Å²) in [5.41, 5.74) is 2.57. The van der Waals surface area contributed by atoms with E-state index in [0.29, 0.717) is 28.2 Å². The van der Waals surface area contributed by atoms with E-state index in [1.807, 2.05) is 0 Å². The molecule has 6 heteroatoms. The van der Waals surface area contributed by atoms with Crippen LogP contribution in [0.5, 0.6) is 17.2 Å². The van der Waals surface area contributed by atoms with Gasteiger partial charge in [0, 0.05) is 6.08 Å². The van der Waals surface area contributed by atoms with Crippen molar-refractivity contribution < 1.29 is 23.4 Å². The summed E-state index contributed by atoms with van der Waals surface area (Å²) in [5.74, 6) is 0.324. The molecule has 0 spiro atoms. The smallest absolute Gasteiger partial charge is 0.336 e.